The Morgan fingerprint density at radius 1 is 1.15 bits per heavy atom. The number of amides is 1. The van der Waals surface area contributed by atoms with Crippen LogP contribution in [0.5, 0.6) is 0 Å². The van der Waals surface area contributed by atoms with Gasteiger partial charge >= 0.3 is 12.1 Å². The van der Waals surface area contributed by atoms with Crippen molar-refractivity contribution in [2.24, 2.45) is 11.1 Å². The van der Waals surface area contributed by atoms with Crippen molar-refractivity contribution < 1.29 is 27.3 Å². The zero-order valence-electron chi connectivity index (χ0n) is 17.7. The maximum Gasteiger partial charge on any atom is 0.471 e. The second-order valence-electron chi connectivity index (χ2n) is 7.74. The molecule has 1 aromatic heterocycles. The van der Waals surface area contributed by atoms with Gasteiger partial charge in [-0.15, -0.1) is 0 Å². The number of nitrogens with zero attached hydrogens (tertiary/aromatic N) is 4. The normalized spacial score (nSPS) is 14.2. The van der Waals surface area contributed by atoms with Crippen LogP contribution in [0.15, 0.2) is 64.3 Å². The van der Waals surface area contributed by atoms with Gasteiger partial charge in [-0.3, -0.25) is 4.79 Å². The van der Waals surface area contributed by atoms with Gasteiger partial charge in [-0.05, 0) is 24.3 Å². The lowest BCUT2D eigenvalue weighted by atomic mass is 10.1. The number of oxime groups is 1. The molecule has 1 aliphatic carbocycles. The summed E-state index contributed by atoms with van der Waals surface area (Å²) in [5, 5.41) is 7.36. The molecule has 0 radical (unpaired) electrons. The Morgan fingerprint density at radius 3 is 2.42 bits per heavy atom. The Hall–Kier alpha value is -3.69. The van der Waals surface area contributed by atoms with Crippen LogP contribution in [0.4, 0.5) is 13.2 Å². The number of benzene rings is 2. The van der Waals surface area contributed by atoms with E-state index in [0.29, 0.717) is 30.1 Å². The smallest absolute Gasteiger partial charge is 0.398 e. The molecule has 1 saturated carbocycles. The fraction of sp³-hybridized carbons (Fsp3) is 0.304. The van der Waals surface area contributed by atoms with Gasteiger partial charge in [0.15, 0.2) is 5.71 Å². The standard InChI is InChI=1S/C23H21F3N4O3/c1-32-28-19(17-5-3-2-4-6-17)21(31)30(13-15-7-8-15)14-16-9-11-18(12-10-16)20-27-22(33-29-20)23(24,25)26/h2-6,9-12,15H,7-8,13-14H2,1H3/b28-19+. The van der Waals surface area contributed by atoms with Crippen LogP contribution < -0.4 is 0 Å². The fourth-order valence-electron chi connectivity index (χ4n) is 3.32. The molecular weight excluding hydrogens is 437 g/mol. The average molecular weight is 458 g/mol. The lowest BCUT2D eigenvalue weighted by Gasteiger charge is -2.23. The minimum Gasteiger partial charge on any atom is -0.398 e. The van der Waals surface area contributed by atoms with E-state index in [2.05, 4.69) is 19.8 Å². The van der Waals surface area contributed by atoms with Gasteiger partial charge in [-0.25, -0.2) is 0 Å². The number of hydrogen-bond acceptors (Lipinski definition) is 6. The van der Waals surface area contributed by atoms with Gasteiger partial charge < -0.3 is 14.3 Å². The quantitative estimate of drug-likeness (QED) is 0.366. The molecule has 0 spiro atoms. The van der Waals surface area contributed by atoms with Crippen molar-refractivity contribution >= 4 is 11.6 Å². The molecule has 1 amide bonds. The summed E-state index contributed by atoms with van der Waals surface area (Å²) in [6.45, 7) is 0.890. The van der Waals surface area contributed by atoms with Crippen LogP contribution in [-0.2, 0) is 22.4 Å². The summed E-state index contributed by atoms with van der Waals surface area (Å²) in [7, 11) is 1.39. The van der Waals surface area contributed by atoms with Crippen molar-refractivity contribution in [1.29, 1.82) is 0 Å². The summed E-state index contributed by atoms with van der Waals surface area (Å²) >= 11 is 0. The first-order chi connectivity index (χ1) is 15.8. The third-order valence-corrected chi connectivity index (χ3v) is 5.15. The summed E-state index contributed by atoms with van der Waals surface area (Å²) in [5.41, 5.74) is 2.04. The number of carbonyl (C=O) groups is 1. The molecule has 7 nitrogen and oxygen atoms in total. The molecular formula is C23H21F3N4O3. The lowest BCUT2D eigenvalue weighted by molar-refractivity contribution is -0.159. The molecule has 172 valence electrons. The van der Waals surface area contributed by atoms with Gasteiger partial charge in [-0.2, -0.15) is 18.2 Å². The maximum absolute atomic E-state index is 13.4. The van der Waals surface area contributed by atoms with E-state index in [1.165, 1.54) is 7.11 Å². The van der Waals surface area contributed by atoms with Gasteiger partial charge in [0.25, 0.3) is 5.91 Å². The van der Waals surface area contributed by atoms with Crippen molar-refractivity contribution in [3.63, 3.8) is 0 Å². The van der Waals surface area contributed by atoms with Crippen molar-refractivity contribution in [1.82, 2.24) is 15.0 Å². The second-order valence-corrected chi connectivity index (χ2v) is 7.74. The third kappa shape index (κ3) is 5.57. The fourth-order valence-corrected chi connectivity index (χ4v) is 3.32. The number of rotatable bonds is 8. The van der Waals surface area contributed by atoms with E-state index in [0.717, 1.165) is 18.4 Å². The highest BCUT2D eigenvalue weighted by Crippen LogP contribution is 2.31. The molecule has 4 rings (SSSR count). The Kier molecular flexibility index (Phi) is 6.43. The molecule has 0 unspecified atom stereocenters. The van der Waals surface area contributed by atoms with Crippen molar-refractivity contribution in [2.75, 3.05) is 13.7 Å². The van der Waals surface area contributed by atoms with Gasteiger partial charge in [0.05, 0.1) is 0 Å². The highest BCUT2D eigenvalue weighted by molar-refractivity contribution is 6.45. The van der Waals surface area contributed by atoms with Crippen LogP contribution >= 0.6 is 0 Å². The van der Waals surface area contributed by atoms with Crippen molar-refractivity contribution in [2.45, 2.75) is 25.6 Å². The maximum atomic E-state index is 13.4. The third-order valence-electron chi connectivity index (χ3n) is 5.15. The van der Waals surface area contributed by atoms with Gasteiger partial charge in [0.2, 0.25) is 5.82 Å². The first-order valence-corrected chi connectivity index (χ1v) is 10.3. The summed E-state index contributed by atoms with van der Waals surface area (Å²) in [4.78, 5) is 23.4. The summed E-state index contributed by atoms with van der Waals surface area (Å²) in [6, 6.07) is 15.7. The van der Waals surface area contributed by atoms with E-state index < -0.39 is 12.1 Å². The largest absolute Gasteiger partial charge is 0.471 e. The number of hydrogen-bond donors (Lipinski definition) is 0. The van der Waals surface area contributed by atoms with Crippen molar-refractivity contribution in [3.05, 3.63) is 71.6 Å². The summed E-state index contributed by atoms with van der Waals surface area (Å²) in [6.07, 6.45) is -2.58. The highest BCUT2D eigenvalue weighted by Gasteiger charge is 2.38. The zero-order chi connectivity index (χ0) is 23.4. The van der Waals surface area contributed by atoms with E-state index in [4.69, 9.17) is 4.84 Å². The minimum atomic E-state index is -4.70. The van der Waals surface area contributed by atoms with Crippen LogP contribution in [0.3, 0.4) is 0 Å². The zero-order valence-corrected chi connectivity index (χ0v) is 17.7. The second kappa shape index (κ2) is 9.43. The average Bonchev–Trinajstić information content (AvgIpc) is 3.47. The van der Waals surface area contributed by atoms with Crippen molar-refractivity contribution in [3.8, 4) is 11.4 Å². The molecule has 1 aliphatic rings. The van der Waals surface area contributed by atoms with Gasteiger partial charge in [0, 0.05) is 24.2 Å². The van der Waals surface area contributed by atoms with Gasteiger partial charge in [0.1, 0.15) is 7.11 Å². The van der Waals surface area contributed by atoms with E-state index >= 15 is 0 Å². The molecule has 1 fully saturated rings. The van der Waals surface area contributed by atoms with Crippen LogP contribution in [0.1, 0.15) is 29.9 Å². The molecule has 0 atom stereocenters. The van der Waals surface area contributed by atoms with Gasteiger partial charge in [-0.1, -0.05) is 64.9 Å². The first kappa shape index (κ1) is 22.5. The van der Waals surface area contributed by atoms with Crippen LogP contribution in [0.2, 0.25) is 0 Å². The minimum absolute atomic E-state index is 0.154. The predicted octanol–water partition coefficient (Wildman–Crippen LogP) is 4.54. The van der Waals surface area contributed by atoms with E-state index in [1.807, 2.05) is 18.2 Å². The molecule has 33 heavy (non-hydrogen) atoms. The van der Waals surface area contributed by atoms with Crippen LogP contribution in [0.25, 0.3) is 11.4 Å². The van der Waals surface area contributed by atoms with E-state index in [9.17, 15) is 18.0 Å². The van der Waals surface area contributed by atoms with E-state index in [-0.39, 0.29) is 17.4 Å². The first-order valence-electron chi connectivity index (χ1n) is 10.3. The number of aromatic nitrogens is 2. The molecule has 3 aromatic rings. The Bertz CT molecular complexity index is 1120. The molecule has 0 N–H and O–H groups in total. The summed E-state index contributed by atoms with van der Waals surface area (Å²) in [5.74, 6) is -1.37. The molecule has 0 saturated heterocycles. The molecule has 1 heterocycles. The Morgan fingerprint density at radius 2 is 1.85 bits per heavy atom. The lowest BCUT2D eigenvalue weighted by Crippen LogP contribution is -2.38. The van der Waals surface area contributed by atoms with Crippen LogP contribution in [0, 0.1) is 5.92 Å². The number of carbonyl (C=O) groups excluding carboxylic acids is 1. The monoisotopic (exact) mass is 458 g/mol. The van der Waals surface area contributed by atoms with Crippen LogP contribution in [-0.4, -0.2) is 40.3 Å². The molecule has 2 aromatic carbocycles. The summed E-state index contributed by atoms with van der Waals surface area (Å²) < 4.78 is 42.4. The highest BCUT2D eigenvalue weighted by atomic mass is 19.4. The Balaban J connectivity index is 1.53. The predicted molar refractivity (Wildman–Crippen MR) is 113 cm³/mol. The number of halogens is 3. The SMILES string of the molecule is CO/N=C(/C(=O)N(Cc1ccc(-c2noc(C(F)(F)F)n2)cc1)CC1CC1)c1ccccc1. The molecule has 0 aliphatic heterocycles. The molecule has 10 heteroatoms. The topological polar surface area (TPSA) is 80.8 Å². The van der Waals surface area contributed by atoms with E-state index in [1.54, 1.807) is 41.3 Å². The molecule has 0 bridgehead atoms. The Labute approximate surface area is 187 Å². The number of alkyl halides is 3.